The Bertz CT molecular complexity index is 587. The van der Waals surface area contributed by atoms with Crippen molar-refractivity contribution in [2.45, 2.75) is 27.7 Å². The zero-order chi connectivity index (χ0) is 16.0. The maximum atomic E-state index is 5.52. The normalized spacial score (nSPS) is 11.2. The molecule has 0 amide bonds. The van der Waals surface area contributed by atoms with Crippen LogP contribution in [0.1, 0.15) is 33.3 Å². The minimum atomic E-state index is 0.405. The predicted molar refractivity (Wildman–Crippen MR) is 97.7 cm³/mol. The number of methoxy groups -OCH3 is 1. The van der Waals surface area contributed by atoms with Crippen molar-refractivity contribution in [1.29, 1.82) is 0 Å². The zero-order valence-corrected chi connectivity index (χ0v) is 14.7. The molecule has 21 heavy (non-hydrogen) atoms. The Morgan fingerprint density at radius 3 is 2.33 bits per heavy atom. The molecule has 0 atom stereocenters. The quantitative estimate of drug-likeness (QED) is 0.493. The summed E-state index contributed by atoms with van der Waals surface area (Å²) in [5.74, 6) is 3.23. The average molecular weight is 300 g/mol. The fourth-order valence-corrected chi connectivity index (χ4v) is 2.46. The second-order valence-corrected chi connectivity index (χ2v) is 5.83. The minimum absolute atomic E-state index is 0.405. The van der Waals surface area contributed by atoms with Crippen LogP contribution in [0, 0.1) is 5.92 Å². The van der Waals surface area contributed by atoms with Gasteiger partial charge >= 0.3 is 0 Å². The van der Waals surface area contributed by atoms with E-state index >= 15 is 0 Å². The molecule has 0 bridgehead atoms. The Hall–Kier alpha value is -1.59. The van der Waals surface area contributed by atoms with Gasteiger partial charge in [0.1, 0.15) is 5.75 Å². The van der Waals surface area contributed by atoms with Crippen molar-refractivity contribution in [3.05, 3.63) is 59.2 Å². The van der Waals surface area contributed by atoms with Crippen molar-refractivity contribution in [3.8, 4) is 5.75 Å². The summed E-state index contributed by atoms with van der Waals surface area (Å²) in [4.78, 5) is 0. The van der Waals surface area contributed by atoms with Crippen LogP contribution in [-0.4, -0.2) is 12.9 Å². The minimum Gasteiger partial charge on any atom is -0.496 e. The molecule has 0 aromatic heterocycles. The van der Waals surface area contributed by atoms with Gasteiger partial charge in [-0.15, -0.1) is 8.86 Å². The van der Waals surface area contributed by atoms with E-state index in [2.05, 4.69) is 55.3 Å². The van der Waals surface area contributed by atoms with Gasteiger partial charge < -0.3 is 4.74 Å². The summed E-state index contributed by atoms with van der Waals surface area (Å²) in [6, 6.07) is 8.07. The number of rotatable bonds is 6. The van der Waals surface area contributed by atoms with Gasteiger partial charge in [0.2, 0.25) is 0 Å². The highest BCUT2D eigenvalue weighted by Gasteiger charge is 2.13. The van der Waals surface area contributed by atoms with Crippen LogP contribution in [0.2, 0.25) is 0 Å². The van der Waals surface area contributed by atoms with Gasteiger partial charge in [-0.2, -0.15) is 0 Å². The van der Waals surface area contributed by atoms with Crippen LogP contribution in [0.3, 0.4) is 0 Å². The van der Waals surface area contributed by atoms with E-state index in [1.807, 2.05) is 24.0 Å². The third-order valence-corrected chi connectivity index (χ3v) is 3.73. The third kappa shape index (κ3) is 4.44. The number of ether oxygens (including phenoxy) is 1. The van der Waals surface area contributed by atoms with Crippen molar-refractivity contribution in [2.75, 3.05) is 7.11 Å². The second-order valence-electron chi connectivity index (χ2n) is 5.55. The maximum absolute atomic E-state index is 5.52. The lowest BCUT2D eigenvalue weighted by Crippen LogP contribution is -1.99. The molecule has 112 valence electrons. The van der Waals surface area contributed by atoms with Gasteiger partial charge in [0.05, 0.1) is 7.11 Å². The third-order valence-electron chi connectivity index (χ3n) is 3.44. The molecule has 0 spiro atoms. The molecule has 1 rings (SSSR count). The van der Waals surface area contributed by atoms with Gasteiger partial charge in [-0.25, -0.2) is 0 Å². The number of hydrogen-bond donors (Lipinski definition) is 0. The monoisotopic (exact) mass is 300 g/mol. The number of allylic oxidation sites excluding steroid dienone is 5. The first-order valence-corrected chi connectivity index (χ1v) is 7.72. The Kier molecular flexibility index (Phi) is 6.65. The summed E-state index contributed by atoms with van der Waals surface area (Å²) >= 11 is 0. The lowest BCUT2D eigenvalue weighted by Gasteiger charge is -2.16. The fraction of sp³-hybridized carbons (Fsp3) is 0.316. The maximum Gasteiger partial charge on any atom is 0.126 e. The first kappa shape index (κ1) is 17.5. The lowest BCUT2D eigenvalue weighted by molar-refractivity contribution is 0.413. The van der Waals surface area contributed by atoms with Crippen LogP contribution in [0.4, 0.5) is 0 Å². The summed E-state index contributed by atoms with van der Waals surface area (Å²) in [6.07, 6.45) is 2.15. The van der Waals surface area contributed by atoms with E-state index in [-0.39, 0.29) is 0 Å². The van der Waals surface area contributed by atoms with Crippen LogP contribution in [0.15, 0.2) is 53.6 Å². The van der Waals surface area contributed by atoms with Gasteiger partial charge in [-0.3, -0.25) is 0 Å². The largest absolute Gasteiger partial charge is 0.496 e. The summed E-state index contributed by atoms with van der Waals surface area (Å²) in [5, 5.41) is 0. The molecule has 0 aliphatic carbocycles. The number of para-hydroxylation sites is 1. The molecule has 0 fully saturated rings. The van der Waals surface area contributed by atoms with E-state index in [4.69, 9.17) is 4.74 Å². The van der Waals surface area contributed by atoms with Crippen molar-refractivity contribution < 1.29 is 4.74 Å². The lowest BCUT2D eigenvalue weighted by atomic mass is 9.91. The Morgan fingerprint density at radius 1 is 1.24 bits per heavy atom. The van der Waals surface area contributed by atoms with Gasteiger partial charge in [0.15, 0.2) is 0 Å². The molecule has 0 aliphatic heterocycles. The Labute approximate surface area is 131 Å². The van der Waals surface area contributed by atoms with E-state index in [0.717, 1.165) is 28.0 Å². The van der Waals surface area contributed by atoms with E-state index in [1.54, 1.807) is 7.11 Å². The summed E-state index contributed by atoms with van der Waals surface area (Å²) in [5.41, 5.74) is 5.69. The van der Waals surface area contributed by atoms with Crippen molar-refractivity contribution in [1.82, 2.24) is 0 Å². The SMILES string of the molecule is C=C(/C=C(\C(C=P)=C(C)C)c1ccccc1OC)C(C)C. The average Bonchev–Trinajstić information content (AvgIpc) is 2.46. The molecule has 0 heterocycles. The highest BCUT2D eigenvalue weighted by molar-refractivity contribution is 7.19. The van der Waals surface area contributed by atoms with E-state index in [1.165, 1.54) is 5.57 Å². The highest BCUT2D eigenvalue weighted by Crippen LogP contribution is 2.33. The topological polar surface area (TPSA) is 9.23 Å². The van der Waals surface area contributed by atoms with Gasteiger partial charge in [-0.05, 0) is 42.8 Å². The molecule has 1 aromatic carbocycles. The van der Waals surface area contributed by atoms with Crippen molar-refractivity contribution in [3.63, 3.8) is 0 Å². The first-order valence-electron chi connectivity index (χ1n) is 7.14. The molecule has 0 saturated heterocycles. The molecule has 1 nitrogen and oxygen atoms in total. The standard InChI is InChI=1S/C19H25OP/c1-13(2)15(5)11-17(18(12-21)14(3)4)16-9-7-8-10-19(16)20-6/h7-13,21H,5H2,1-4,6H3/b17-11-. The summed E-state index contributed by atoms with van der Waals surface area (Å²) in [7, 11) is 5.25. The summed E-state index contributed by atoms with van der Waals surface area (Å²) in [6.45, 7) is 12.7. The van der Waals surface area contributed by atoms with Crippen LogP contribution < -0.4 is 4.74 Å². The van der Waals surface area contributed by atoms with Gasteiger partial charge in [-0.1, -0.05) is 55.8 Å². The molecular formula is C19H25OP. The second kappa shape index (κ2) is 8.00. The molecule has 2 heteroatoms. The van der Waals surface area contributed by atoms with E-state index < -0.39 is 0 Å². The Morgan fingerprint density at radius 2 is 1.86 bits per heavy atom. The van der Waals surface area contributed by atoms with Crippen LogP contribution in [-0.2, 0) is 0 Å². The molecule has 0 radical (unpaired) electrons. The van der Waals surface area contributed by atoms with Crippen LogP contribution in [0.5, 0.6) is 5.75 Å². The molecule has 0 aliphatic rings. The Balaban J connectivity index is 3.57. The van der Waals surface area contributed by atoms with Crippen molar-refractivity contribution >= 4 is 20.2 Å². The molecule has 1 aromatic rings. The van der Waals surface area contributed by atoms with Gasteiger partial charge in [0.25, 0.3) is 0 Å². The number of benzene rings is 1. The van der Waals surface area contributed by atoms with Crippen molar-refractivity contribution in [2.24, 2.45) is 5.92 Å². The predicted octanol–water partition coefficient (Wildman–Crippen LogP) is 5.57. The van der Waals surface area contributed by atoms with Crippen LogP contribution >= 0.6 is 8.86 Å². The van der Waals surface area contributed by atoms with Crippen LogP contribution in [0.25, 0.3) is 5.57 Å². The smallest absolute Gasteiger partial charge is 0.126 e. The molecular weight excluding hydrogens is 275 g/mol. The molecule has 0 saturated carbocycles. The number of hydrogen-bond acceptors (Lipinski definition) is 1. The zero-order valence-electron chi connectivity index (χ0n) is 13.7. The van der Waals surface area contributed by atoms with Gasteiger partial charge in [0, 0.05) is 5.56 Å². The van der Waals surface area contributed by atoms with E-state index in [0.29, 0.717) is 5.92 Å². The molecule has 0 unspecified atom stereocenters. The van der Waals surface area contributed by atoms with E-state index in [9.17, 15) is 0 Å². The molecule has 0 N–H and O–H groups in total. The highest BCUT2D eigenvalue weighted by atomic mass is 31.0. The fourth-order valence-electron chi connectivity index (χ4n) is 2.01. The summed E-state index contributed by atoms with van der Waals surface area (Å²) < 4.78 is 5.52. The first-order chi connectivity index (χ1) is 9.92.